The van der Waals surface area contributed by atoms with Crippen molar-refractivity contribution < 1.29 is 17.6 Å². The molecule has 9 nitrogen and oxygen atoms in total. The average Bonchev–Trinajstić information content (AvgIpc) is 3.78. The molecule has 41 heavy (non-hydrogen) atoms. The van der Waals surface area contributed by atoms with E-state index in [0.717, 1.165) is 42.8 Å². The molecular formula is C29H27FN6O3S2. The van der Waals surface area contributed by atoms with E-state index in [0.29, 0.717) is 22.8 Å². The highest BCUT2D eigenvalue weighted by molar-refractivity contribution is 7.89. The van der Waals surface area contributed by atoms with Gasteiger partial charge in [0, 0.05) is 50.1 Å². The number of thiazole rings is 1. The number of aromatic nitrogens is 4. The van der Waals surface area contributed by atoms with Crippen molar-refractivity contribution in [1.82, 2.24) is 24.1 Å². The van der Waals surface area contributed by atoms with Gasteiger partial charge in [-0.05, 0) is 67.7 Å². The number of pyridine rings is 1. The molecule has 2 saturated heterocycles. The molecule has 210 valence electrons. The van der Waals surface area contributed by atoms with Crippen LogP contribution in [0.5, 0.6) is 0 Å². The lowest BCUT2D eigenvalue weighted by atomic mass is 9.66. The molecule has 2 fully saturated rings. The van der Waals surface area contributed by atoms with Crippen molar-refractivity contribution >= 4 is 38.9 Å². The first kappa shape index (κ1) is 26.2. The number of benzene rings is 1. The minimum absolute atomic E-state index is 0.00488. The zero-order chi connectivity index (χ0) is 28.2. The summed E-state index contributed by atoms with van der Waals surface area (Å²) < 4.78 is 45.2. The van der Waals surface area contributed by atoms with E-state index in [-0.39, 0.29) is 36.0 Å². The normalized spacial score (nSPS) is 20.9. The van der Waals surface area contributed by atoms with Crippen molar-refractivity contribution in [3.63, 3.8) is 0 Å². The Bertz CT molecular complexity index is 1760. The molecule has 2 aliphatic heterocycles. The van der Waals surface area contributed by atoms with E-state index in [4.69, 9.17) is 0 Å². The van der Waals surface area contributed by atoms with Crippen molar-refractivity contribution in [3.8, 4) is 5.69 Å². The molecule has 0 saturated carbocycles. The van der Waals surface area contributed by atoms with Crippen LogP contribution >= 0.6 is 11.3 Å². The molecule has 7 rings (SSSR count). The summed E-state index contributed by atoms with van der Waals surface area (Å²) >= 11 is 1.26. The molecule has 3 aliphatic rings. The summed E-state index contributed by atoms with van der Waals surface area (Å²) in [5.74, 6) is -0.527. The number of piperidine rings is 1. The number of carbonyl (C=O) groups is 1. The van der Waals surface area contributed by atoms with E-state index in [1.54, 1.807) is 46.9 Å². The van der Waals surface area contributed by atoms with Gasteiger partial charge in [0.25, 0.3) is 0 Å². The van der Waals surface area contributed by atoms with Crippen LogP contribution in [0.3, 0.4) is 0 Å². The van der Waals surface area contributed by atoms with E-state index < -0.39 is 15.4 Å². The number of hydrogen-bond acceptors (Lipinski definition) is 8. The summed E-state index contributed by atoms with van der Waals surface area (Å²) in [5.41, 5.74) is 2.73. The number of sulfonamides is 1. The van der Waals surface area contributed by atoms with Crippen LogP contribution < -0.4 is 4.90 Å². The fourth-order valence-electron chi connectivity index (χ4n) is 6.28. The average molecular weight is 591 g/mol. The maximum Gasteiger partial charge on any atom is 0.246 e. The lowest BCUT2D eigenvalue weighted by molar-refractivity contribution is 0.0775. The quantitative estimate of drug-likeness (QED) is 0.308. The van der Waals surface area contributed by atoms with E-state index in [2.05, 4.69) is 20.0 Å². The molecule has 3 aromatic heterocycles. The number of Topliss-reactive ketones (excluding diaryl/α,β-unsaturated/α-hetero) is 1. The first-order valence-electron chi connectivity index (χ1n) is 13.5. The van der Waals surface area contributed by atoms with E-state index in [1.807, 2.05) is 6.08 Å². The molecule has 5 heterocycles. The van der Waals surface area contributed by atoms with Crippen LogP contribution in [0.2, 0.25) is 0 Å². The summed E-state index contributed by atoms with van der Waals surface area (Å²) in [7, 11) is -3.96. The Morgan fingerprint density at radius 2 is 1.83 bits per heavy atom. The number of carbonyl (C=O) groups excluding carboxylic acids is 1. The van der Waals surface area contributed by atoms with Gasteiger partial charge in [0.05, 0.1) is 28.7 Å². The highest BCUT2D eigenvalue weighted by Gasteiger charge is 2.52. The van der Waals surface area contributed by atoms with Crippen molar-refractivity contribution in [2.75, 3.05) is 31.1 Å². The molecule has 1 aromatic carbocycles. The van der Waals surface area contributed by atoms with Gasteiger partial charge >= 0.3 is 0 Å². The van der Waals surface area contributed by atoms with Gasteiger partial charge in [-0.25, -0.2) is 22.5 Å². The minimum Gasteiger partial charge on any atom is -0.370 e. The Morgan fingerprint density at radius 1 is 1.02 bits per heavy atom. The summed E-state index contributed by atoms with van der Waals surface area (Å²) in [6.45, 7) is 1.82. The van der Waals surface area contributed by atoms with E-state index in [9.17, 15) is 17.6 Å². The molecule has 12 heteroatoms. The smallest absolute Gasteiger partial charge is 0.246 e. The van der Waals surface area contributed by atoms with Crippen molar-refractivity contribution in [2.45, 2.75) is 30.6 Å². The number of ketones is 1. The van der Waals surface area contributed by atoms with Crippen LogP contribution in [0.25, 0.3) is 11.8 Å². The molecule has 0 bridgehead atoms. The number of anilines is 1. The lowest BCUT2D eigenvalue weighted by Crippen LogP contribution is -2.53. The summed E-state index contributed by atoms with van der Waals surface area (Å²) in [4.78, 5) is 25.0. The Hall–Kier alpha value is -3.74. The second-order valence-corrected chi connectivity index (χ2v) is 13.5. The summed E-state index contributed by atoms with van der Waals surface area (Å²) in [6, 6.07) is 7.85. The topological polar surface area (TPSA) is 101 Å². The first-order valence-corrected chi connectivity index (χ1v) is 15.9. The highest BCUT2D eigenvalue weighted by atomic mass is 32.2. The van der Waals surface area contributed by atoms with E-state index in [1.165, 1.54) is 34.0 Å². The number of fused-ring (bicyclic) bond motifs is 2. The molecule has 0 radical (unpaired) electrons. The second kappa shape index (κ2) is 9.97. The lowest BCUT2D eigenvalue weighted by Gasteiger charge is -2.44. The third-order valence-electron chi connectivity index (χ3n) is 8.34. The number of halogens is 1. The van der Waals surface area contributed by atoms with Gasteiger partial charge in [-0.15, -0.1) is 11.3 Å². The molecular weight excluding hydrogens is 563 g/mol. The Labute approximate surface area is 241 Å². The molecule has 0 spiro atoms. The Morgan fingerprint density at radius 3 is 2.59 bits per heavy atom. The second-order valence-electron chi connectivity index (χ2n) is 10.7. The predicted molar refractivity (Wildman–Crippen MR) is 153 cm³/mol. The monoisotopic (exact) mass is 590 g/mol. The third kappa shape index (κ3) is 4.32. The van der Waals surface area contributed by atoms with Gasteiger partial charge in [0.1, 0.15) is 10.7 Å². The maximum atomic E-state index is 14.2. The van der Waals surface area contributed by atoms with Gasteiger partial charge in [-0.1, -0.05) is 5.57 Å². The SMILES string of the molecule is O=C(c1nccs1)[C@]12Cc3cnn(-c4ccc(F)cc4)c3C=C1CCN(S(=O)(=O)c1cnccc1N1CCCC1)C2. The highest BCUT2D eigenvalue weighted by Crippen LogP contribution is 2.48. The fourth-order valence-corrected chi connectivity index (χ4v) is 8.61. The molecule has 0 N–H and O–H groups in total. The van der Waals surface area contributed by atoms with Crippen LogP contribution in [0.1, 0.15) is 40.3 Å². The molecule has 1 aliphatic carbocycles. The largest absolute Gasteiger partial charge is 0.370 e. The zero-order valence-electron chi connectivity index (χ0n) is 22.1. The van der Waals surface area contributed by atoms with Crippen molar-refractivity contribution in [2.24, 2.45) is 5.41 Å². The van der Waals surface area contributed by atoms with Crippen LogP contribution in [-0.2, 0) is 16.4 Å². The maximum absolute atomic E-state index is 14.2. The minimum atomic E-state index is -3.96. The van der Waals surface area contributed by atoms with Crippen molar-refractivity contribution in [3.05, 3.63) is 88.2 Å². The number of hydrogen-bond donors (Lipinski definition) is 0. The number of nitrogens with zero attached hydrogens (tertiary/aromatic N) is 6. The summed E-state index contributed by atoms with van der Waals surface area (Å²) in [6.07, 6.45) is 11.0. The van der Waals surface area contributed by atoms with Gasteiger partial charge in [-0.3, -0.25) is 9.78 Å². The molecule has 0 amide bonds. The van der Waals surface area contributed by atoms with Gasteiger partial charge < -0.3 is 4.90 Å². The predicted octanol–water partition coefficient (Wildman–Crippen LogP) is 4.37. The molecule has 4 aromatic rings. The van der Waals surface area contributed by atoms with Gasteiger partial charge in [0.2, 0.25) is 15.8 Å². The summed E-state index contributed by atoms with van der Waals surface area (Å²) in [5, 5.41) is 6.66. The standard InChI is InChI=1S/C29H27FN6O3S2/c30-22-3-5-23(6-4-22)36-25-15-21-8-13-35(41(38,39)26-18-31-9-7-24(26)34-11-1-2-12-34)19-29(21,16-20(25)17-33-36)27(37)28-32-10-14-40-28/h3-7,9-10,14-15,17-18H,1-2,8,11-13,16,19H2/t29-/m0/s1. The van der Waals surface area contributed by atoms with Crippen LogP contribution in [0.15, 0.2) is 71.0 Å². The number of rotatable bonds is 6. The van der Waals surface area contributed by atoms with Crippen LogP contribution in [0, 0.1) is 11.2 Å². The molecule has 0 unspecified atom stereocenters. The first-order chi connectivity index (χ1) is 19.9. The Balaban J connectivity index is 1.30. The zero-order valence-corrected chi connectivity index (χ0v) is 23.7. The van der Waals surface area contributed by atoms with Crippen molar-refractivity contribution in [1.29, 1.82) is 0 Å². The van der Waals surface area contributed by atoms with Crippen LogP contribution in [-0.4, -0.2) is 64.4 Å². The Kier molecular flexibility index (Phi) is 6.36. The van der Waals surface area contributed by atoms with Gasteiger partial charge in [0.15, 0.2) is 5.01 Å². The van der Waals surface area contributed by atoms with E-state index >= 15 is 0 Å². The van der Waals surface area contributed by atoms with Gasteiger partial charge in [-0.2, -0.15) is 9.40 Å². The fraction of sp³-hybridized carbons (Fsp3) is 0.310. The molecule has 1 atom stereocenters. The third-order valence-corrected chi connectivity index (χ3v) is 11.0. The van der Waals surface area contributed by atoms with Crippen LogP contribution in [0.4, 0.5) is 10.1 Å².